The molecule has 1 aromatic heterocycles. The monoisotopic (exact) mass is 677 g/mol. The van der Waals surface area contributed by atoms with E-state index >= 15 is 0 Å². The first kappa shape index (κ1) is 35.6. The van der Waals surface area contributed by atoms with Crippen LogP contribution in [0, 0.1) is 0 Å². The van der Waals surface area contributed by atoms with Crippen LogP contribution in [0.15, 0.2) is 60.9 Å². The normalized spacial score (nSPS) is 18.0. The van der Waals surface area contributed by atoms with Gasteiger partial charge in [0.1, 0.15) is 41.9 Å². The molecule has 1 unspecified atom stereocenters. The largest absolute Gasteiger partial charge is 0.490 e. The minimum Gasteiger partial charge on any atom is -0.490 e. The molecule has 13 heteroatoms. The van der Waals surface area contributed by atoms with Crippen LogP contribution in [-0.4, -0.2) is 80.8 Å². The van der Waals surface area contributed by atoms with Gasteiger partial charge in [0.25, 0.3) is 11.8 Å². The summed E-state index contributed by atoms with van der Waals surface area (Å²) in [7, 11) is 1.93. The van der Waals surface area contributed by atoms with Crippen LogP contribution >= 0.6 is 0 Å². The highest BCUT2D eigenvalue weighted by atomic mass is 16.7. The Balaban J connectivity index is 1.23. The van der Waals surface area contributed by atoms with Crippen LogP contribution in [0.4, 0.5) is 4.79 Å². The average Bonchev–Trinajstić information content (AvgIpc) is 3.59. The number of imide groups is 1. The molecule has 0 spiro atoms. The average molecular weight is 678 g/mol. The predicted octanol–water partition coefficient (Wildman–Crippen LogP) is 4.67. The number of aryl methyl sites for hydroxylation is 1. The molecule has 49 heavy (non-hydrogen) atoms. The Hall–Kier alpha value is -4.75. The summed E-state index contributed by atoms with van der Waals surface area (Å²) in [5, 5.41) is 0.586. The first-order chi connectivity index (χ1) is 22.8. The lowest BCUT2D eigenvalue weighted by Crippen LogP contribution is -2.46. The summed E-state index contributed by atoms with van der Waals surface area (Å²) in [5.74, 6) is -1.67. The van der Waals surface area contributed by atoms with Crippen LogP contribution in [0.2, 0.25) is 0 Å². The van der Waals surface area contributed by atoms with Gasteiger partial charge < -0.3 is 18.9 Å². The molecule has 3 aromatic rings. The highest BCUT2D eigenvalue weighted by Crippen LogP contribution is 2.30. The lowest BCUT2D eigenvalue weighted by molar-refractivity contribution is -0.754. The maximum absolute atomic E-state index is 13.1. The second-order valence-electron chi connectivity index (χ2n) is 14.6. The van der Waals surface area contributed by atoms with Crippen molar-refractivity contribution in [3.8, 4) is 16.9 Å². The molecule has 3 heterocycles. The molecule has 3 amide bonds. The number of aromatic nitrogens is 2. The van der Waals surface area contributed by atoms with Gasteiger partial charge in [-0.3, -0.25) is 14.5 Å². The number of rotatable bonds is 9. The van der Waals surface area contributed by atoms with E-state index in [1.807, 2.05) is 75.6 Å². The van der Waals surface area contributed by atoms with Crippen molar-refractivity contribution >= 4 is 23.9 Å². The highest BCUT2D eigenvalue weighted by molar-refractivity contribution is 6.20. The van der Waals surface area contributed by atoms with E-state index in [0.717, 1.165) is 11.1 Å². The predicted molar refractivity (Wildman–Crippen MR) is 176 cm³/mol. The van der Waals surface area contributed by atoms with Gasteiger partial charge >= 0.3 is 12.1 Å². The topological polar surface area (TPSA) is 130 Å². The van der Waals surface area contributed by atoms with Crippen LogP contribution < -0.4 is 9.42 Å². The number of nitrogens with zero attached hydrogens (tertiary/aromatic N) is 4. The molecular weight excluding hydrogens is 632 g/mol. The summed E-state index contributed by atoms with van der Waals surface area (Å²) in [5.41, 5.74) is -0.0232. The summed E-state index contributed by atoms with van der Waals surface area (Å²) >= 11 is 0. The quantitative estimate of drug-likeness (QED) is 0.180. The van der Waals surface area contributed by atoms with Gasteiger partial charge in [0.15, 0.2) is 7.05 Å². The number of hydroxylamine groups is 2. The molecule has 0 bridgehead atoms. The number of hydrogen-bond donors (Lipinski definition) is 0. The molecule has 13 nitrogen and oxygen atoms in total. The molecular formula is C36H45N4O9+. The van der Waals surface area contributed by atoms with E-state index in [4.69, 9.17) is 23.8 Å². The number of ether oxygens (including phenoxy) is 4. The maximum Gasteiger partial charge on any atom is 0.412 e. The van der Waals surface area contributed by atoms with Gasteiger partial charge in [0.2, 0.25) is 12.3 Å². The number of hydrogen-bond acceptors (Lipinski definition) is 9. The van der Waals surface area contributed by atoms with E-state index in [-0.39, 0.29) is 23.8 Å². The SMILES string of the molecule is C[n+]1cc(-c2ccc(OC[C@H](ON3C(=O)c4ccccc4C3=O)C(=O)OC(C)(C)C)cc2)cn1CC1CN(C(=O)OC(C)(C)C)C(C)(C)O1. The zero-order valence-electron chi connectivity index (χ0n) is 29.5. The first-order valence-corrected chi connectivity index (χ1v) is 16.2. The fourth-order valence-electron chi connectivity index (χ4n) is 5.55. The standard InChI is InChI=1S/C36H45N4O9/c1-34(2,3)47-32(43)29(49-40-30(41)27-12-10-11-13-28(27)31(40)42)22-45-25-16-14-23(15-17-25)24-18-37(9)38(19-24)20-26-21-39(36(7,8)46-26)33(44)48-35(4,5)6/h10-19,26,29H,20-22H2,1-9H3/q+1/t26?,29-/m0/s1. The minimum atomic E-state index is -1.40. The van der Waals surface area contributed by atoms with Crippen molar-refractivity contribution in [3.63, 3.8) is 0 Å². The van der Waals surface area contributed by atoms with Gasteiger partial charge in [-0.25, -0.2) is 14.4 Å². The van der Waals surface area contributed by atoms with Crippen molar-refractivity contribution in [2.75, 3.05) is 13.2 Å². The van der Waals surface area contributed by atoms with Gasteiger partial charge in [-0.1, -0.05) is 24.3 Å². The van der Waals surface area contributed by atoms with E-state index in [9.17, 15) is 19.2 Å². The van der Waals surface area contributed by atoms with E-state index in [2.05, 4.69) is 0 Å². The Kier molecular flexibility index (Phi) is 9.64. The number of carbonyl (C=O) groups excluding carboxylic acids is 4. The van der Waals surface area contributed by atoms with Gasteiger partial charge in [0.05, 0.1) is 29.4 Å². The number of amides is 3. The number of fused-ring (bicyclic) bond motifs is 1. The van der Waals surface area contributed by atoms with E-state index < -0.39 is 46.9 Å². The summed E-state index contributed by atoms with van der Waals surface area (Å²) in [6, 6.07) is 13.6. The number of carbonyl (C=O) groups is 4. The zero-order valence-corrected chi connectivity index (χ0v) is 29.5. The molecule has 2 aliphatic rings. The molecule has 2 atom stereocenters. The fourth-order valence-corrected chi connectivity index (χ4v) is 5.55. The molecule has 0 aliphatic carbocycles. The third-order valence-electron chi connectivity index (χ3n) is 7.76. The van der Waals surface area contributed by atoms with Crippen LogP contribution in [0.1, 0.15) is 76.1 Å². The molecule has 0 saturated carbocycles. The van der Waals surface area contributed by atoms with E-state index in [1.165, 1.54) is 12.1 Å². The molecule has 5 rings (SSSR count). The number of esters is 1. The van der Waals surface area contributed by atoms with Crippen molar-refractivity contribution in [2.45, 2.75) is 91.1 Å². The minimum absolute atomic E-state index is 0.191. The zero-order chi connectivity index (χ0) is 35.9. The molecule has 262 valence electrons. The molecule has 0 N–H and O–H groups in total. The summed E-state index contributed by atoms with van der Waals surface area (Å²) in [6.45, 7) is 14.9. The van der Waals surface area contributed by atoms with E-state index in [1.54, 1.807) is 49.9 Å². The smallest absolute Gasteiger partial charge is 0.412 e. The van der Waals surface area contributed by atoms with Crippen LogP contribution in [0.25, 0.3) is 11.1 Å². The van der Waals surface area contributed by atoms with Gasteiger partial charge in [-0.15, -0.1) is 9.75 Å². The molecule has 1 fully saturated rings. The molecule has 1 saturated heterocycles. The lowest BCUT2D eigenvalue weighted by atomic mass is 10.1. The van der Waals surface area contributed by atoms with Crippen molar-refractivity contribution in [1.82, 2.24) is 14.6 Å². The van der Waals surface area contributed by atoms with Crippen LogP contribution in [0.3, 0.4) is 0 Å². The summed E-state index contributed by atoms with van der Waals surface area (Å²) in [4.78, 5) is 58.9. The first-order valence-electron chi connectivity index (χ1n) is 16.2. The lowest BCUT2D eigenvalue weighted by Gasteiger charge is -2.31. The Labute approximate surface area is 286 Å². The molecule has 2 aliphatic heterocycles. The van der Waals surface area contributed by atoms with Gasteiger partial charge in [0, 0.05) is 0 Å². The Morgan fingerprint density at radius 2 is 1.51 bits per heavy atom. The van der Waals surface area contributed by atoms with Crippen LogP contribution in [0.5, 0.6) is 5.75 Å². The van der Waals surface area contributed by atoms with Crippen LogP contribution in [-0.2, 0) is 37.4 Å². The molecule has 0 radical (unpaired) electrons. The summed E-state index contributed by atoms with van der Waals surface area (Å²) < 4.78 is 27.2. The van der Waals surface area contributed by atoms with Gasteiger partial charge in [-0.05, 0) is 85.2 Å². The number of benzene rings is 2. The second kappa shape index (κ2) is 13.3. The van der Waals surface area contributed by atoms with Crippen molar-refractivity contribution in [2.24, 2.45) is 7.05 Å². The molecule has 2 aromatic carbocycles. The third kappa shape index (κ3) is 8.28. The van der Waals surface area contributed by atoms with Gasteiger partial charge in [-0.2, -0.15) is 4.68 Å². The summed E-state index contributed by atoms with van der Waals surface area (Å²) in [6.07, 6.45) is 1.92. The fraction of sp³-hybridized carbons (Fsp3) is 0.472. The van der Waals surface area contributed by atoms with Crippen molar-refractivity contribution in [1.29, 1.82) is 0 Å². The Bertz CT molecular complexity index is 1700. The highest BCUT2D eigenvalue weighted by Gasteiger charge is 2.45. The van der Waals surface area contributed by atoms with E-state index in [0.29, 0.717) is 23.9 Å². The maximum atomic E-state index is 13.1. The van der Waals surface area contributed by atoms with Crippen molar-refractivity contribution in [3.05, 3.63) is 72.1 Å². The third-order valence-corrected chi connectivity index (χ3v) is 7.76. The van der Waals surface area contributed by atoms with Crippen molar-refractivity contribution < 1.29 is 47.6 Å². The second-order valence-corrected chi connectivity index (χ2v) is 14.6. The Morgan fingerprint density at radius 3 is 2.08 bits per heavy atom. The Morgan fingerprint density at radius 1 is 0.918 bits per heavy atom.